The number of imidazole rings is 1. The number of H-pyrrole nitrogens is 1. The fourth-order valence-electron chi connectivity index (χ4n) is 5.06. The minimum Gasteiger partial charge on any atom is -0.448 e. The molecule has 1 aliphatic rings. The van der Waals surface area contributed by atoms with E-state index in [9.17, 15) is 18.4 Å². The monoisotopic (exact) mass is 562 g/mol. The van der Waals surface area contributed by atoms with Gasteiger partial charge in [-0.1, -0.05) is 36.4 Å². The zero-order valence-electron chi connectivity index (χ0n) is 23.0. The molecule has 9 nitrogen and oxygen atoms in total. The van der Waals surface area contributed by atoms with Gasteiger partial charge in [0.15, 0.2) is 11.6 Å². The first-order valence-corrected chi connectivity index (χ1v) is 13.5. The molecule has 4 aromatic rings. The van der Waals surface area contributed by atoms with Crippen LogP contribution in [0.3, 0.4) is 0 Å². The van der Waals surface area contributed by atoms with E-state index in [0.29, 0.717) is 31.7 Å². The average molecular weight is 563 g/mol. The number of aromatic nitrogens is 3. The van der Waals surface area contributed by atoms with Crippen molar-refractivity contribution in [2.45, 2.75) is 45.3 Å². The van der Waals surface area contributed by atoms with Crippen molar-refractivity contribution >= 4 is 28.6 Å². The Balaban J connectivity index is 1.23. The van der Waals surface area contributed by atoms with Crippen LogP contribution >= 0.6 is 0 Å². The lowest BCUT2D eigenvalue weighted by Gasteiger charge is -2.30. The van der Waals surface area contributed by atoms with Crippen LogP contribution in [0.1, 0.15) is 35.6 Å². The largest absolute Gasteiger partial charge is 0.448 e. The van der Waals surface area contributed by atoms with Gasteiger partial charge in [0.05, 0.1) is 12.2 Å². The Bertz CT molecular complexity index is 1560. The number of hydrogen-bond donors (Lipinski definition) is 2. The van der Waals surface area contributed by atoms with Gasteiger partial charge in [-0.05, 0) is 37.9 Å². The van der Waals surface area contributed by atoms with Gasteiger partial charge in [0.2, 0.25) is 5.91 Å². The van der Waals surface area contributed by atoms with Gasteiger partial charge < -0.3 is 14.6 Å². The number of ether oxygens (including phenoxy) is 1. The Kier molecular flexibility index (Phi) is 8.53. The van der Waals surface area contributed by atoms with Gasteiger partial charge >= 0.3 is 6.09 Å². The number of aryl methyl sites for hydroxylation is 1. The van der Waals surface area contributed by atoms with Crippen molar-refractivity contribution < 1.29 is 23.1 Å². The highest BCUT2D eigenvalue weighted by molar-refractivity contribution is 5.89. The summed E-state index contributed by atoms with van der Waals surface area (Å²) in [4.78, 5) is 41.3. The molecular formula is C30H32F2N6O3. The number of nitrogens with one attached hydrogen (secondary N) is 2. The van der Waals surface area contributed by atoms with Crippen LogP contribution in [0, 0.1) is 18.6 Å². The molecule has 0 saturated carbocycles. The van der Waals surface area contributed by atoms with Crippen molar-refractivity contribution in [3.05, 3.63) is 89.1 Å². The first-order chi connectivity index (χ1) is 19.8. The van der Waals surface area contributed by atoms with E-state index in [0.717, 1.165) is 34.1 Å². The van der Waals surface area contributed by atoms with Crippen LogP contribution in [0.25, 0.3) is 10.8 Å². The Hall–Kier alpha value is -4.38. The van der Waals surface area contributed by atoms with Crippen molar-refractivity contribution in [2.75, 3.05) is 25.5 Å². The van der Waals surface area contributed by atoms with Crippen LogP contribution in [-0.2, 0) is 29.0 Å². The zero-order chi connectivity index (χ0) is 28.9. The van der Waals surface area contributed by atoms with E-state index in [1.807, 2.05) is 31.2 Å². The summed E-state index contributed by atoms with van der Waals surface area (Å²) in [5.41, 5.74) is 2.10. The molecule has 1 aliphatic heterocycles. The van der Waals surface area contributed by atoms with Crippen LogP contribution in [0.5, 0.6) is 0 Å². The number of hydrogen-bond acceptors (Lipinski definition) is 6. The maximum atomic E-state index is 14.4. The third-order valence-corrected chi connectivity index (χ3v) is 7.34. The fraction of sp³-hybridized carbons (Fsp3) is 0.333. The van der Waals surface area contributed by atoms with E-state index in [1.165, 1.54) is 12.1 Å². The van der Waals surface area contributed by atoms with Gasteiger partial charge in [-0.2, -0.15) is 0 Å². The molecule has 3 heterocycles. The molecule has 41 heavy (non-hydrogen) atoms. The second-order valence-corrected chi connectivity index (χ2v) is 10.3. The molecule has 11 heteroatoms. The summed E-state index contributed by atoms with van der Waals surface area (Å²) >= 11 is 0. The molecule has 2 aromatic carbocycles. The number of halogens is 2. The van der Waals surface area contributed by atoms with E-state index in [2.05, 4.69) is 20.3 Å². The van der Waals surface area contributed by atoms with Crippen molar-refractivity contribution in [3.8, 4) is 0 Å². The van der Waals surface area contributed by atoms with Gasteiger partial charge in [0.25, 0.3) is 0 Å². The van der Waals surface area contributed by atoms with Crippen molar-refractivity contribution in [1.82, 2.24) is 24.8 Å². The number of carbonyl (C=O) groups excluding carboxylic acids is 2. The topological polar surface area (TPSA) is 103 Å². The third kappa shape index (κ3) is 6.86. The molecule has 0 aliphatic carbocycles. The van der Waals surface area contributed by atoms with E-state index in [4.69, 9.17) is 4.74 Å². The van der Waals surface area contributed by atoms with Crippen LogP contribution in [0.4, 0.5) is 19.4 Å². The Morgan fingerprint density at radius 2 is 1.98 bits per heavy atom. The Morgan fingerprint density at radius 1 is 1.17 bits per heavy atom. The number of aromatic amines is 1. The van der Waals surface area contributed by atoms with Gasteiger partial charge in [-0.15, -0.1) is 0 Å². The summed E-state index contributed by atoms with van der Waals surface area (Å²) in [7, 11) is 1.73. The second-order valence-electron chi connectivity index (χ2n) is 10.3. The molecular weight excluding hydrogens is 530 g/mol. The minimum atomic E-state index is -0.931. The normalized spacial score (nSPS) is 13.7. The van der Waals surface area contributed by atoms with E-state index in [-0.39, 0.29) is 31.0 Å². The lowest BCUT2D eigenvalue weighted by atomic mass is 10.1. The summed E-state index contributed by atoms with van der Waals surface area (Å²) in [6.07, 6.45) is 2.20. The molecule has 2 amide bonds. The van der Waals surface area contributed by atoms with Crippen molar-refractivity contribution in [2.24, 2.45) is 0 Å². The predicted molar refractivity (Wildman–Crippen MR) is 150 cm³/mol. The average Bonchev–Trinajstić information content (AvgIpc) is 3.34. The lowest BCUT2D eigenvalue weighted by molar-refractivity contribution is -0.132. The molecule has 214 valence electrons. The number of amides is 2. The van der Waals surface area contributed by atoms with Gasteiger partial charge in [0.1, 0.15) is 18.2 Å². The summed E-state index contributed by atoms with van der Waals surface area (Å²) in [6.45, 7) is 2.91. The number of nitrogens with zero attached hydrogens (tertiary/aromatic N) is 4. The number of likely N-dealkylation sites (N-methyl/N-ethyl adjacent to an activating group) is 1. The molecule has 2 aromatic heterocycles. The molecule has 2 N–H and O–H groups in total. The molecule has 0 fully saturated rings. The molecule has 1 atom stereocenters. The number of anilines is 1. The van der Waals surface area contributed by atoms with Gasteiger partial charge in [-0.25, -0.2) is 23.5 Å². The number of fused-ring (bicyclic) bond motifs is 2. The number of carbonyl (C=O) groups is 2. The quantitative estimate of drug-likeness (QED) is 0.299. The summed E-state index contributed by atoms with van der Waals surface area (Å²) in [5, 5.41) is 4.49. The van der Waals surface area contributed by atoms with Crippen LogP contribution in [-0.4, -0.2) is 63.0 Å². The summed E-state index contributed by atoms with van der Waals surface area (Å²) in [5.74, 6) is -0.733. The van der Waals surface area contributed by atoms with Gasteiger partial charge in [-0.3, -0.25) is 15.0 Å². The van der Waals surface area contributed by atoms with E-state index < -0.39 is 23.8 Å². The number of rotatable bonds is 9. The highest BCUT2D eigenvalue weighted by Gasteiger charge is 2.26. The standard InChI is InChI=1S/C30H32F2N6O3/c1-19-34-25-12-13-38(17-26(25)35-19)28(39)11-10-23(37(2)16-22-8-5-9-24(31)29(22)32)18-41-30(40)36-27-14-20-6-3-4-7-21(20)15-33-27/h3-9,14-15,23H,10-13,16-18H2,1-2H3,(H,34,35)(H,33,36,40)/t23-/m1/s1. The van der Waals surface area contributed by atoms with Gasteiger partial charge in [0, 0.05) is 54.8 Å². The highest BCUT2D eigenvalue weighted by Crippen LogP contribution is 2.21. The lowest BCUT2D eigenvalue weighted by Crippen LogP contribution is -2.40. The van der Waals surface area contributed by atoms with Crippen LogP contribution in [0.15, 0.2) is 54.7 Å². The maximum Gasteiger partial charge on any atom is 0.412 e. The second kappa shape index (κ2) is 12.4. The van der Waals surface area contributed by atoms with Crippen LogP contribution < -0.4 is 5.32 Å². The highest BCUT2D eigenvalue weighted by atomic mass is 19.2. The molecule has 0 saturated heterocycles. The molecule has 0 unspecified atom stereocenters. The third-order valence-electron chi connectivity index (χ3n) is 7.34. The first-order valence-electron chi connectivity index (χ1n) is 13.5. The smallest absolute Gasteiger partial charge is 0.412 e. The fourth-order valence-corrected chi connectivity index (χ4v) is 5.06. The Labute approximate surface area is 236 Å². The minimum absolute atomic E-state index is 0.0449. The number of pyridine rings is 1. The molecule has 0 radical (unpaired) electrons. The van der Waals surface area contributed by atoms with E-state index in [1.54, 1.807) is 29.1 Å². The predicted octanol–water partition coefficient (Wildman–Crippen LogP) is 4.96. The van der Waals surface area contributed by atoms with Crippen molar-refractivity contribution in [3.63, 3.8) is 0 Å². The summed E-state index contributed by atoms with van der Waals surface area (Å²) < 4.78 is 33.7. The summed E-state index contributed by atoms with van der Waals surface area (Å²) in [6, 6.07) is 13.0. The SMILES string of the molecule is Cc1nc2c([nH]1)CCN(C(=O)CC[C@H](COC(=O)Nc1cc3ccccc3cn1)N(C)Cc1cccc(F)c1F)C2. The molecule has 5 rings (SSSR count). The molecule has 0 bridgehead atoms. The van der Waals surface area contributed by atoms with Crippen LogP contribution in [0.2, 0.25) is 0 Å². The Morgan fingerprint density at radius 3 is 2.80 bits per heavy atom. The van der Waals surface area contributed by atoms with E-state index >= 15 is 0 Å². The number of benzene rings is 2. The van der Waals surface area contributed by atoms with Crippen molar-refractivity contribution in [1.29, 1.82) is 0 Å². The first kappa shape index (κ1) is 28.2. The maximum absolute atomic E-state index is 14.4. The molecule has 0 spiro atoms. The zero-order valence-corrected chi connectivity index (χ0v) is 23.0.